The van der Waals surface area contributed by atoms with Crippen LogP contribution in [0.2, 0.25) is 0 Å². The highest BCUT2D eigenvalue weighted by Gasteiger charge is 2.09. The highest BCUT2D eigenvalue weighted by atomic mass is 32.2. The molecule has 0 aliphatic rings. The Hall–Kier alpha value is -0.540. The molecular weight excluding hydrogens is 206 g/mol. The molecule has 1 N–H and O–H groups in total. The smallest absolute Gasteiger partial charge is 0.0931 e. The second-order valence-corrected chi connectivity index (χ2v) is 5.61. The van der Waals surface area contributed by atoms with Gasteiger partial charge in [-0.2, -0.15) is 0 Å². The molecule has 1 aromatic rings. The summed E-state index contributed by atoms with van der Waals surface area (Å²) in [5.74, 6) is 0.659. The molecule has 0 saturated heterocycles. The van der Waals surface area contributed by atoms with Crippen LogP contribution in [0.25, 0.3) is 0 Å². The second-order valence-electron chi connectivity index (χ2n) is 4.16. The minimum Gasteiger partial charge on any atom is -0.387 e. The predicted molar refractivity (Wildman–Crippen MR) is 65.0 cm³/mol. The number of nitrogens with zero attached hydrogens (tertiary/aromatic N) is 1. The molecule has 0 amide bonds. The lowest BCUT2D eigenvalue weighted by Crippen LogP contribution is -2.05. The highest BCUT2D eigenvalue weighted by molar-refractivity contribution is 8.00. The molecule has 0 saturated carbocycles. The maximum atomic E-state index is 9.32. The molecule has 3 heteroatoms. The number of hydrogen-bond donors (Lipinski definition) is 1. The quantitative estimate of drug-likeness (QED) is 0.798. The fourth-order valence-corrected chi connectivity index (χ4v) is 2.02. The first-order chi connectivity index (χ1) is 7.00. The van der Waals surface area contributed by atoms with E-state index in [-0.39, 0.29) is 0 Å². The fraction of sp³-hybridized carbons (Fsp3) is 0.583. The van der Waals surface area contributed by atoms with E-state index in [4.69, 9.17) is 0 Å². The number of pyridine rings is 1. The molecule has 1 rings (SSSR count). The summed E-state index contributed by atoms with van der Waals surface area (Å²) in [4.78, 5) is 5.39. The van der Waals surface area contributed by atoms with Crippen LogP contribution in [0.3, 0.4) is 0 Å². The standard InChI is InChI=1S/C12H19NOS/c1-8(2)10(4)15-11-5-6-12(9(3)14)13-7-11/h5-10,14H,1-4H3/t9-,10?/m0/s1. The van der Waals surface area contributed by atoms with Gasteiger partial charge in [-0.15, -0.1) is 11.8 Å². The average molecular weight is 225 g/mol. The van der Waals surface area contributed by atoms with Crippen molar-refractivity contribution in [3.05, 3.63) is 24.0 Å². The van der Waals surface area contributed by atoms with Crippen molar-refractivity contribution < 1.29 is 5.11 Å². The minimum atomic E-state index is -0.480. The first-order valence-electron chi connectivity index (χ1n) is 5.31. The summed E-state index contributed by atoms with van der Waals surface area (Å²) in [6.07, 6.45) is 1.36. The molecule has 0 fully saturated rings. The van der Waals surface area contributed by atoms with Crippen molar-refractivity contribution in [2.75, 3.05) is 0 Å². The molecule has 0 aliphatic carbocycles. The van der Waals surface area contributed by atoms with Gasteiger partial charge in [0.25, 0.3) is 0 Å². The van der Waals surface area contributed by atoms with Crippen LogP contribution in [0.4, 0.5) is 0 Å². The van der Waals surface area contributed by atoms with Crippen molar-refractivity contribution in [3.63, 3.8) is 0 Å². The van der Waals surface area contributed by atoms with E-state index < -0.39 is 6.10 Å². The molecule has 0 aromatic carbocycles. The first-order valence-corrected chi connectivity index (χ1v) is 6.19. The van der Waals surface area contributed by atoms with E-state index in [1.54, 1.807) is 6.92 Å². The van der Waals surface area contributed by atoms with Gasteiger partial charge in [-0.3, -0.25) is 4.98 Å². The van der Waals surface area contributed by atoms with Gasteiger partial charge in [-0.1, -0.05) is 20.8 Å². The van der Waals surface area contributed by atoms with Gasteiger partial charge < -0.3 is 5.11 Å². The summed E-state index contributed by atoms with van der Waals surface area (Å²) in [5.41, 5.74) is 0.733. The number of aliphatic hydroxyl groups excluding tert-OH is 1. The van der Waals surface area contributed by atoms with Crippen LogP contribution >= 0.6 is 11.8 Å². The predicted octanol–water partition coefficient (Wildman–Crippen LogP) is 3.27. The molecule has 1 unspecified atom stereocenters. The van der Waals surface area contributed by atoms with Crippen LogP contribution in [-0.2, 0) is 0 Å². The van der Waals surface area contributed by atoms with Crippen molar-refractivity contribution in [2.45, 2.75) is 43.9 Å². The SMILES string of the molecule is CC(C)C(C)Sc1ccc([C@H](C)O)nc1. The molecule has 84 valence electrons. The summed E-state index contributed by atoms with van der Waals surface area (Å²) >= 11 is 1.83. The molecule has 2 atom stereocenters. The minimum absolute atomic E-state index is 0.480. The van der Waals surface area contributed by atoms with Crippen LogP contribution < -0.4 is 0 Å². The normalized spacial score (nSPS) is 15.3. The van der Waals surface area contributed by atoms with E-state index in [9.17, 15) is 5.11 Å². The van der Waals surface area contributed by atoms with E-state index in [0.717, 1.165) is 5.69 Å². The van der Waals surface area contributed by atoms with Crippen LogP contribution in [-0.4, -0.2) is 15.3 Å². The Morgan fingerprint density at radius 2 is 1.87 bits per heavy atom. The van der Waals surface area contributed by atoms with E-state index in [1.807, 2.05) is 30.1 Å². The summed E-state index contributed by atoms with van der Waals surface area (Å²) < 4.78 is 0. The zero-order chi connectivity index (χ0) is 11.4. The van der Waals surface area contributed by atoms with Crippen LogP contribution in [0.5, 0.6) is 0 Å². The molecule has 0 spiro atoms. The van der Waals surface area contributed by atoms with E-state index in [1.165, 1.54) is 4.90 Å². The van der Waals surface area contributed by atoms with Gasteiger partial charge in [0.2, 0.25) is 0 Å². The molecule has 2 nitrogen and oxygen atoms in total. The number of aromatic nitrogens is 1. The Balaban J connectivity index is 2.64. The monoisotopic (exact) mass is 225 g/mol. The zero-order valence-corrected chi connectivity index (χ0v) is 10.6. The molecule has 1 heterocycles. The topological polar surface area (TPSA) is 33.1 Å². The Bertz CT molecular complexity index is 295. The summed E-state index contributed by atoms with van der Waals surface area (Å²) in [5, 5.41) is 9.90. The average Bonchev–Trinajstić information content (AvgIpc) is 2.18. The van der Waals surface area contributed by atoms with Crippen molar-refractivity contribution in [2.24, 2.45) is 5.92 Å². The van der Waals surface area contributed by atoms with Crippen molar-refractivity contribution in [3.8, 4) is 0 Å². The molecule has 1 aromatic heterocycles. The van der Waals surface area contributed by atoms with Crippen molar-refractivity contribution in [1.29, 1.82) is 0 Å². The summed E-state index contributed by atoms with van der Waals surface area (Å²) in [6.45, 7) is 8.38. The van der Waals surface area contributed by atoms with Gasteiger partial charge in [0.15, 0.2) is 0 Å². The Morgan fingerprint density at radius 1 is 1.20 bits per heavy atom. The van der Waals surface area contributed by atoms with Gasteiger partial charge in [0.05, 0.1) is 11.8 Å². The number of aliphatic hydroxyl groups is 1. The molecule has 0 radical (unpaired) electrons. The zero-order valence-electron chi connectivity index (χ0n) is 9.77. The van der Waals surface area contributed by atoms with Crippen LogP contribution in [0.15, 0.2) is 23.2 Å². The lowest BCUT2D eigenvalue weighted by Gasteiger charge is -2.14. The summed E-state index contributed by atoms with van der Waals surface area (Å²) in [7, 11) is 0. The van der Waals surface area contributed by atoms with Gasteiger partial charge in [0, 0.05) is 16.3 Å². The van der Waals surface area contributed by atoms with Gasteiger partial charge >= 0.3 is 0 Å². The molecule has 15 heavy (non-hydrogen) atoms. The third kappa shape index (κ3) is 3.84. The molecular formula is C12H19NOS. The fourth-order valence-electron chi connectivity index (χ4n) is 1.06. The van der Waals surface area contributed by atoms with Crippen LogP contribution in [0, 0.1) is 5.92 Å². The third-order valence-electron chi connectivity index (χ3n) is 2.45. The third-order valence-corrected chi connectivity index (χ3v) is 3.88. The van der Waals surface area contributed by atoms with Gasteiger partial charge in [-0.05, 0) is 25.0 Å². The lowest BCUT2D eigenvalue weighted by atomic mass is 10.2. The highest BCUT2D eigenvalue weighted by Crippen LogP contribution is 2.27. The number of rotatable bonds is 4. The largest absolute Gasteiger partial charge is 0.387 e. The first kappa shape index (κ1) is 12.5. The number of thioether (sulfide) groups is 1. The number of hydrogen-bond acceptors (Lipinski definition) is 3. The van der Waals surface area contributed by atoms with Crippen LogP contribution in [0.1, 0.15) is 39.5 Å². The Labute approximate surface area is 96.1 Å². The molecule has 0 bridgehead atoms. The maximum Gasteiger partial charge on any atom is 0.0931 e. The van der Waals surface area contributed by atoms with Crippen molar-refractivity contribution in [1.82, 2.24) is 4.98 Å². The van der Waals surface area contributed by atoms with Crippen molar-refractivity contribution >= 4 is 11.8 Å². The Morgan fingerprint density at radius 3 is 2.27 bits per heavy atom. The van der Waals surface area contributed by atoms with E-state index in [2.05, 4.69) is 25.8 Å². The van der Waals surface area contributed by atoms with E-state index >= 15 is 0 Å². The van der Waals surface area contributed by atoms with Gasteiger partial charge in [-0.25, -0.2) is 0 Å². The second kappa shape index (κ2) is 5.52. The van der Waals surface area contributed by atoms with E-state index in [0.29, 0.717) is 11.2 Å². The molecule has 0 aliphatic heterocycles. The Kier molecular flexibility index (Phi) is 4.61. The maximum absolute atomic E-state index is 9.32. The van der Waals surface area contributed by atoms with Gasteiger partial charge in [0.1, 0.15) is 0 Å². The lowest BCUT2D eigenvalue weighted by molar-refractivity contribution is 0.194. The summed E-state index contributed by atoms with van der Waals surface area (Å²) in [6, 6.07) is 3.92.